The van der Waals surface area contributed by atoms with Gasteiger partial charge in [-0.15, -0.1) is 0 Å². The fourth-order valence-corrected chi connectivity index (χ4v) is 3.65. The van der Waals surface area contributed by atoms with Gasteiger partial charge in [0.15, 0.2) is 0 Å². The Morgan fingerprint density at radius 2 is 2.10 bits per heavy atom. The van der Waals surface area contributed by atoms with Gasteiger partial charge in [0.2, 0.25) is 0 Å². The first-order valence-electron chi connectivity index (χ1n) is 10.2. The van der Waals surface area contributed by atoms with Crippen molar-refractivity contribution in [3.8, 4) is 0 Å². The molecule has 0 saturated carbocycles. The van der Waals surface area contributed by atoms with Crippen molar-refractivity contribution in [3.63, 3.8) is 0 Å². The molecule has 31 heavy (non-hydrogen) atoms. The lowest BCUT2D eigenvalue weighted by Crippen LogP contribution is -2.28. The van der Waals surface area contributed by atoms with Crippen molar-refractivity contribution in [1.29, 1.82) is 0 Å². The first kappa shape index (κ1) is 20.9. The summed E-state index contributed by atoms with van der Waals surface area (Å²) in [6.45, 7) is 5.49. The maximum absolute atomic E-state index is 12.1. The molecule has 0 fully saturated rings. The molecule has 0 aliphatic carbocycles. The molecule has 8 nitrogen and oxygen atoms in total. The predicted molar refractivity (Wildman–Crippen MR) is 118 cm³/mol. The Morgan fingerprint density at radius 1 is 1.26 bits per heavy atom. The Hall–Kier alpha value is -3.36. The highest BCUT2D eigenvalue weighted by Gasteiger charge is 2.17. The third kappa shape index (κ3) is 4.40. The van der Waals surface area contributed by atoms with Gasteiger partial charge in [0.1, 0.15) is 5.69 Å². The average molecular weight is 419 g/mol. The van der Waals surface area contributed by atoms with Crippen molar-refractivity contribution >= 4 is 22.5 Å². The molecule has 8 heteroatoms. The summed E-state index contributed by atoms with van der Waals surface area (Å²) < 4.78 is 0. The number of hydrogen-bond acceptors (Lipinski definition) is 6. The minimum atomic E-state index is -0.203. The summed E-state index contributed by atoms with van der Waals surface area (Å²) in [4.78, 5) is 41.4. The first-order valence-corrected chi connectivity index (χ1v) is 10.2. The molecule has 1 aliphatic rings. The van der Waals surface area contributed by atoms with Crippen LogP contribution in [0.4, 0.5) is 0 Å². The van der Waals surface area contributed by atoms with Crippen LogP contribution in [0.25, 0.3) is 16.6 Å². The number of hydrogen-bond donors (Lipinski definition) is 2. The Morgan fingerprint density at radius 3 is 2.77 bits per heavy atom. The maximum atomic E-state index is 12.1. The number of H-pyrrole nitrogens is 1. The standard InChI is InChI=1S/C23H25N5O3/c1-4-16-9-19-20(27-22(16)29)8-15(10-25-19)12-28-6-5-17(13-31-28)18-11-26-21(7-14(18)2)23(30)24-3/h5,7-11H,4,6,12-13H2,1-3H3,(H,24,30)(H,27,29). The zero-order valence-corrected chi connectivity index (χ0v) is 17.9. The summed E-state index contributed by atoms with van der Waals surface area (Å²) in [5.41, 5.74) is 6.52. The van der Waals surface area contributed by atoms with Crippen LogP contribution >= 0.6 is 0 Å². The molecule has 4 heterocycles. The molecule has 1 aliphatic heterocycles. The van der Waals surface area contributed by atoms with Crippen LogP contribution in [0.5, 0.6) is 0 Å². The summed E-state index contributed by atoms with van der Waals surface area (Å²) in [7, 11) is 1.59. The third-order valence-corrected chi connectivity index (χ3v) is 5.43. The highest BCUT2D eigenvalue weighted by Crippen LogP contribution is 2.23. The topological polar surface area (TPSA) is 100 Å². The van der Waals surface area contributed by atoms with E-state index in [4.69, 9.17) is 4.84 Å². The number of aromatic amines is 1. The molecule has 3 aromatic heterocycles. The van der Waals surface area contributed by atoms with E-state index in [9.17, 15) is 9.59 Å². The highest BCUT2D eigenvalue weighted by molar-refractivity contribution is 5.92. The minimum Gasteiger partial charge on any atom is -0.354 e. The molecule has 3 aromatic rings. The van der Waals surface area contributed by atoms with Crippen molar-refractivity contribution in [2.45, 2.75) is 26.8 Å². The molecule has 0 radical (unpaired) electrons. The van der Waals surface area contributed by atoms with E-state index < -0.39 is 0 Å². The lowest BCUT2D eigenvalue weighted by Gasteiger charge is -2.26. The van der Waals surface area contributed by atoms with E-state index in [1.165, 1.54) is 0 Å². The van der Waals surface area contributed by atoms with E-state index in [2.05, 4.69) is 26.3 Å². The summed E-state index contributed by atoms with van der Waals surface area (Å²) in [6, 6.07) is 5.57. The van der Waals surface area contributed by atoms with Crippen LogP contribution in [0.15, 0.2) is 41.5 Å². The fraction of sp³-hybridized carbons (Fsp3) is 0.304. The second-order valence-electron chi connectivity index (χ2n) is 7.54. The number of carbonyl (C=O) groups is 1. The van der Waals surface area contributed by atoms with Crippen molar-refractivity contribution < 1.29 is 9.63 Å². The summed E-state index contributed by atoms with van der Waals surface area (Å²) >= 11 is 0. The number of nitrogens with one attached hydrogen (secondary N) is 2. The van der Waals surface area contributed by atoms with Gasteiger partial charge in [-0.05, 0) is 48.2 Å². The molecule has 0 spiro atoms. The SMILES string of the molecule is CCc1cc2ncc(CN3CC=C(c4cnc(C(=O)NC)cc4C)CO3)cc2[nH]c1=O. The van der Waals surface area contributed by atoms with Gasteiger partial charge in [-0.1, -0.05) is 13.0 Å². The molecule has 0 unspecified atom stereocenters. The largest absolute Gasteiger partial charge is 0.354 e. The number of nitrogens with zero attached hydrogens (tertiary/aromatic N) is 3. The van der Waals surface area contributed by atoms with Crippen LogP contribution in [0.1, 0.15) is 39.7 Å². The van der Waals surface area contributed by atoms with Gasteiger partial charge in [-0.3, -0.25) is 24.4 Å². The van der Waals surface area contributed by atoms with Gasteiger partial charge in [0.25, 0.3) is 11.5 Å². The normalized spacial score (nSPS) is 14.5. The van der Waals surface area contributed by atoms with Gasteiger partial charge in [0.05, 0.1) is 24.2 Å². The maximum Gasteiger partial charge on any atom is 0.269 e. The highest BCUT2D eigenvalue weighted by atomic mass is 16.7. The van der Waals surface area contributed by atoms with Crippen LogP contribution in [-0.4, -0.2) is 46.1 Å². The Bertz CT molecular complexity index is 1230. The summed E-state index contributed by atoms with van der Waals surface area (Å²) in [5, 5.41) is 4.44. The molecule has 1 amide bonds. The summed E-state index contributed by atoms with van der Waals surface area (Å²) in [5.74, 6) is -0.203. The van der Waals surface area contributed by atoms with Crippen molar-refractivity contribution in [2.24, 2.45) is 0 Å². The van der Waals surface area contributed by atoms with E-state index in [1.54, 1.807) is 19.3 Å². The molecular formula is C23H25N5O3. The number of aromatic nitrogens is 3. The van der Waals surface area contributed by atoms with Crippen LogP contribution in [0.2, 0.25) is 0 Å². The number of rotatable bonds is 5. The number of fused-ring (bicyclic) bond motifs is 1. The predicted octanol–water partition coefficient (Wildman–Crippen LogP) is 2.38. The zero-order chi connectivity index (χ0) is 22.0. The average Bonchev–Trinajstić information content (AvgIpc) is 2.78. The number of amides is 1. The number of carbonyl (C=O) groups excluding carboxylic acids is 1. The third-order valence-electron chi connectivity index (χ3n) is 5.43. The van der Waals surface area contributed by atoms with Gasteiger partial charge >= 0.3 is 0 Å². The second-order valence-corrected chi connectivity index (χ2v) is 7.54. The van der Waals surface area contributed by atoms with Gasteiger partial charge in [-0.2, -0.15) is 5.06 Å². The molecule has 2 N–H and O–H groups in total. The van der Waals surface area contributed by atoms with Crippen molar-refractivity contribution in [3.05, 3.63) is 75.0 Å². The van der Waals surface area contributed by atoms with Gasteiger partial charge in [0, 0.05) is 37.1 Å². The fourth-order valence-electron chi connectivity index (χ4n) is 3.65. The van der Waals surface area contributed by atoms with Crippen molar-refractivity contribution in [1.82, 2.24) is 25.3 Å². The van der Waals surface area contributed by atoms with E-state index >= 15 is 0 Å². The lowest BCUT2D eigenvalue weighted by molar-refractivity contribution is -0.150. The van der Waals surface area contributed by atoms with Crippen LogP contribution in [0, 0.1) is 6.92 Å². The molecule has 0 aromatic carbocycles. The molecule has 0 saturated heterocycles. The second kappa shape index (κ2) is 8.79. The molecular weight excluding hydrogens is 394 g/mol. The van der Waals surface area contributed by atoms with Gasteiger partial charge < -0.3 is 10.3 Å². The smallest absolute Gasteiger partial charge is 0.269 e. The van der Waals surface area contributed by atoms with E-state index in [0.717, 1.165) is 38.9 Å². The lowest BCUT2D eigenvalue weighted by atomic mass is 10.0. The first-order chi connectivity index (χ1) is 15.0. The number of pyridine rings is 3. The molecule has 160 valence electrons. The van der Waals surface area contributed by atoms with E-state index in [-0.39, 0.29) is 11.5 Å². The van der Waals surface area contributed by atoms with Crippen LogP contribution in [0.3, 0.4) is 0 Å². The monoisotopic (exact) mass is 419 g/mol. The van der Waals surface area contributed by atoms with Crippen molar-refractivity contribution in [2.75, 3.05) is 20.2 Å². The quantitative estimate of drug-likeness (QED) is 0.659. The number of aryl methyl sites for hydroxylation is 2. The Labute approximate surface area is 179 Å². The van der Waals surface area contributed by atoms with Crippen LogP contribution in [-0.2, 0) is 17.8 Å². The number of hydroxylamine groups is 2. The summed E-state index contributed by atoms with van der Waals surface area (Å²) in [6.07, 6.45) is 6.32. The Kier molecular flexibility index (Phi) is 5.92. The van der Waals surface area contributed by atoms with E-state index in [0.29, 0.717) is 31.8 Å². The molecule has 4 rings (SSSR count). The van der Waals surface area contributed by atoms with Crippen LogP contribution < -0.4 is 10.9 Å². The minimum absolute atomic E-state index is 0.0674. The van der Waals surface area contributed by atoms with Gasteiger partial charge in [-0.25, -0.2) is 0 Å². The Balaban J connectivity index is 1.47. The van der Waals surface area contributed by atoms with E-state index in [1.807, 2.05) is 37.2 Å². The molecule has 0 atom stereocenters. The molecule has 0 bridgehead atoms. The zero-order valence-electron chi connectivity index (χ0n) is 17.9.